The maximum atomic E-state index is 13.0. The summed E-state index contributed by atoms with van der Waals surface area (Å²) < 4.78 is 0. The van der Waals surface area contributed by atoms with Gasteiger partial charge in [-0.3, -0.25) is 14.4 Å². The molecule has 0 aliphatic rings. The van der Waals surface area contributed by atoms with Crippen molar-refractivity contribution in [3.05, 3.63) is 29.8 Å². The van der Waals surface area contributed by atoms with Gasteiger partial charge in [0.15, 0.2) is 0 Å². The van der Waals surface area contributed by atoms with Gasteiger partial charge in [0.2, 0.25) is 17.7 Å². The van der Waals surface area contributed by atoms with Crippen LogP contribution in [0.25, 0.3) is 0 Å². The molecule has 4 unspecified atom stereocenters. The number of phenolic OH excluding ortho intramolecular Hbond substituents is 1. The van der Waals surface area contributed by atoms with Crippen LogP contribution in [-0.2, 0) is 25.6 Å². The fourth-order valence-corrected chi connectivity index (χ4v) is 3.36. The van der Waals surface area contributed by atoms with Gasteiger partial charge in [0.1, 0.15) is 23.9 Å². The van der Waals surface area contributed by atoms with Crippen LogP contribution in [0, 0.1) is 5.92 Å². The van der Waals surface area contributed by atoms with E-state index in [4.69, 9.17) is 11.5 Å². The summed E-state index contributed by atoms with van der Waals surface area (Å²) in [6, 6.07) is 2.14. The molecule has 4 atom stereocenters. The largest absolute Gasteiger partial charge is 0.508 e. The first kappa shape index (κ1) is 29.9. The topological polar surface area (TPSA) is 197 Å². The molecule has 0 aliphatic heterocycles. The van der Waals surface area contributed by atoms with E-state index in [1.165, 1.54) is 19.1 Å². The Hall–Kier alpha value is -3.18. The second-order valence-electron chi connectivity index (χ2n) is 9.08. The van der Waals surface area contributed by atoms with Crippen LogP contribution in [-0.4, -0.2) is 64.6 Å². The molecular formula is C24H39N5O6. The molecule has 1 rings (SSSR count). The van der Waals surface area contributed by atoms with Crippen molar-refractivity contribution in [2.75, 3.05) is 6.54 Å². The molecule has 3 amide bonds. The smallest absolute Gasteiger partial charge is 0.326 e. The van der Waals surface area contributed by atoms with Gasteiger partial charge in [0.05, 0.1) is 6.04 Å². The maximum Gasteiger partial charge on any atom is 0.326 e. The van der Waals surface area contributed by atoms with E-state index in [1.807, 2.05) is 13.8 Å². The number of nitrogens with one attached hydrogen (secondary N) is 3. The molecular weight excluding hydrogens is 454 g/mol. The first-order valence-corrected chi connectivity index (χ1v) is 11.8. The van der Waals surface area contributed by atoms with Gasteiger partial charge < -0.3 is 37.6 Å². The van der Waals surface area contributed by atoms with Gasteiger partial charge in [-0.1, -0.05) is 32.4 Å². The Bertz CT molecular complexity index is 845. The lowest BCUT2D eigenvalue weighted by Crippen LogP contribution is -2.57. The third kappa shape index (κ3) is 11.2. The Labute approximate surface area is 206 Å². The molecule has 0 saturated carbocycles. The number of rotatable bonds is 15. The number of unbranched alkanes of at least 4 members (excludes halogenated alkanes) is 1. The van der Waals surface area contributed by atoms with Crippen molar-refractivity contribution in [2.45, 2.75) is 77.0 Å². The van der Waals surface area contributed by atoms with Gasteiger partial charge in [-0.2, -0.15) is 0 Å². The highest BCUT2D eigenvalue weighted by Crippen LogP contribution is 2.12. The molecule has 9 N–H and O–H groups in total. The molecule has 11 heteroatoms. The molecule has 35 heavy (non-hydrogen) atoms. The van der Waals surface area contributed by atoms with Crippen LogP contribution in [0.2, 0.25) is 0 Å². The van der Waals surface area contributed by atoms with E-state index >= 15 is 0 Å². The number of carboxylic acids is 1. The van der Waals surface area contributed by atoms with Crippen LogP contribution in [0.1, 0.15) is 52.0 Å². The highest BCUT2D eigenvalue weighted by atomic mass is 16.4. The van der Waals surface area contributed by atoms with Crippen LogP contribution in [0.5, 0.6) is 5.75 Å². The molecule has 1 aromatic carbocycles. The minimum Gasteiger partial charge on any atom is -0.508 e. The molecule has 0 aromatic heterocycles. The number of aliphatic carboxylic acids is 1. The Morgan fingerprint density at radius 3 is 2.03 bits per heavy atom. The third-order valence-corrected chi connectivity index (χ3v) is 5.39. The molecule has 1 aromatic rings. The van der Waals surface area contributed by atoms with Gasteiger partial charge in [0.25, 0.3) is 0 Å². The van der Waals surface area contributed by atoms with Crippen LogP contribution in [0.4, 0.5) is 0 Å². The average molecular weight is 494 g/mol. The summed E-state index contributed by atoms with van der Waals surface area (Å²) in [5.74, 6) is -2.85. The minimum absolute atomic E-state index is 0.0419. The van der Waals surface area contributed by atoms with E-state index in [2.05, 4.69) is 16.0 Å². The summed E-state index contributed by atoms with van der Waals surface area (Å²) in [4.78, 5) is 49.6. The highest BCUT2D eigenvalue weighted by Gasteiger charge is 2.28. The fourth-order valence-electron chi connectivity index (χ4n) is 3.36. The third-order valence-electron chi connectivity index (χ3n) is 5.39. The van der Waals surface area contributed by atoms with Crippen molar-refractivity contribution in [1.82, 2.24) is 16.0 Å². The molecule has 0 aliphatic carbocycles. The SMILES string of the molecule is CC(C)CC(NC(=O)C(C)NC(=O)C(Cc1ccc(O)cc1)NC(=O)C(N)CCCCN)C(=O)O. The number of carbonyl (C=O) groups is 4. The maximum absolute atomic E-state index is 13.0. The van der Waals surface area contributed by atoms with Gasteiger partial charge in [-0.15, -0.1) is 0 Å². The molecule has 0 saturated heterocycles. The van der Waals surface area contributed by atoms with E-state index < -0.39 is 47.9 Å². The number of hydrogen-bond donors (Lipinski definition) is 7. The van der Waals surface area contributed by atoms with Crippen molar-refractivity contribution in [3.8, 4) is 5.75 Å². The zero-order valence-electron chi connectivity index (χ0n) is 20.6. The normalized spacial score (nSPS) is 14.5. The van der Waals surface area contributed by atoms with E-state index in [0.29, 0.717) is 24.9 Å². The van der Waals surface area contributed by atoms with E-state index in [9.17, 15) is 29.4 Å². The van der Waals surface area contributed by atoms with Gasteiger partial charge in [0, 0.05) is 6.42 Å². The van der Waals surface area contributed by atoms with Crippen molar-refractivity contribution >= 4 is 23.7 Å². The Balaban J connectivity index is 2.90. The zero-order valence-corrected chi connectivity index (χ0v) is 20.6. The Kier molecular flexibility index (Phi) is 12.7. The highest BCUT2D eigenvalue weighted by molar-refractivity contribution is 5.94. The van der Waals surface area contributed by atoms with E-state index in [-0.39, 0.29) is 24.5 Å². The number of phenols is 1. The van der Waals surface area contributed by atoms with Crippen molar-refractivity contribution in [2.24, 2.45) is 17.4 Å². The van der Waals surface area contributed by atoms with Gasteiger partial charge in [-0.05, 0) is 56.3 Å². The number of hydrogen-bond acceptors (Lipinski definition) is 7. The monoisotopic (exact) mass is 493 g/mol. The van der Waals surface area contributed by atoms with E-state index in [0.717, 1.165) is 6.42 Å². The predicted octanol–water partition coefficient (Wildman–Crippen LogP) is -0.00400. The molecule has 0 bridgehead atoms. The molecule has 0 spiro atoms. The van der Waals surface area contributed by atoms with Gasteiger partial charge in [-0.25, -0.2) is 4.79 Å². The summed E-state index contributed by atoms with van der Waals surface area (Å²) in [7, 11) is 0. The summed E-state index contributed by atoms with van der Waals surface area (Å²) in [6.07, 6.45) is 2.12. The lowest BCUT2D eigenvalue weighted by molar-refractivity contribution is -0.142. The second-order valence-corrected chi connectivity index (χ2v) is 9.08. The number of aromatic hydroxyl groups is 1. The van der Waals surface area contributed by atoms with Crippen molar-refractivity contribution < 1.29 is 29.4 Å². The molecule has 0 radical (unpaired) electrons. The first-order chi connectivity index (χ1) is 16.4. The molecule has 11 nitrogen and oxygen atoms in total. The van der Waals surface area contributed by atoms with Crippen LogP contribution < -0.4 is 27.4 Å². The summed E-state index contributed by atoms with van der Waals surface area (Å²) in [6.45, 7) is 5.59. The van der Waals surface area contributed by atoms with Gasteiger partial charge >= 0.3 is 5.97 Å². The lowest BCUT2D eigenvalue weighted by Gasteiger charge is -2.24. The summed E-state index contributed by atoms with van der Waals surface area (Å²) >= 11 is 0. The number of nitrogens with two attached hydrogens (primary N) is 2. The van der Waals surface area contributed by atoms with Crippen molar-refractivity contribution in [1.29, 1.82) is 0 Å². The first-order valence-electron chi connectivity index (χ1n) is 11.8. The molecule has 0 fully saturated rings. The summed E-state index contributed by atoms with van der Waals surface area (Å²) in [5.41, 5.74) is 12.1. The van der Waals surface area contributed by atoms with E-state index in [1.54, 1.807) is 12.1 Å². The van der Waals surface area contributed by atoms with Crippen LogP contribution in [0.15, 0.2) is 24.3 Å². The zero-order chi connectivity index (χ0) is 26.5. The quantitative estimate of drug-likeness (QED) is 0.166. The number of amides is 3. The Morgan fingerprint density at radius 1 is 0.886 bits per heavy atom. The molecule has 0 heterocycles. The lowest BCUT2D eigenvalue weighted by atomic mass is 10.0. The number of carboxylic acid groups (broad SMARTS) is 1. The van der Waals surface area contributed by atoms with Crippen LogP contribution >= 0.6 is 0 Å². The second kappa shape index (κ2) is 14.9. The minimum atomic E-state index is -1.16. The summed E-state index contributed by atoms with van der Waals surface area (Å²) in [5, 5.41) is 26.5. The standard InChI is InChI=1S/C24H39N5O6/c1-14(2)12-20(24(34)35)29-21(31)15(3)27-23(33)19(13-16-7-9-17(30)10-8-16)28-22(32)18(26)6-4-5-11-25/h7-10,14-15,18-20,30H,4-6,11-13,25-26H2,1-3H3,(H,27,33)(H,28,32)(H,29,31)(H,34,35). The molecule has 196 valence electrons. The Morgan fingerprint density at radius 2 is 1.49 bits per heavy atom. The average Bonchev–Trinajstić information content (AvgIpc) is 2.78. The van der Waals surface area contributed by atoms with Crippen LogP contribution in [0.3, 0.4) is 0 Å². The van der Waals surface area contributed by atoms with Crippen molar-refractivity contribution in [3.63, 3.8) is 0 Å². The predicted molar refractivity (Wildman–Crippen MR) is 131 cm³/mol. The number of carbonyl (C=O) groups excluding carboxylic acids is 3. The number of benzene rings is 1. The fraction of sp³-hybridized carbons (Fsp3) is 0.583.